The molecule has 0 saturated carbocycles. The summed E-state index contributed by atoms with van der Waals surface area (Å²) in [6.45, 7) is -0.731. The Balaban J connectivity index is 1.86. The molecule has 0 aliphatic rings. The van der Waals surface area contributed by atoms with E-state index in [-0.39, 0.29) is 22.0 Å². The van der Waals surface area contributed by atoms with E-state index in [0.717, 1.165) is 16.6 Å². The van der Waals surface area contributed by atoms with Crippen molar-refractivity contribution >= 4 is 39.2 Å². The summed E-state index contributed by atoms with van der Waals surface area (Å²) in [4.78, 5) is 33.1. The van der Waals surface area contributed by atoms with Crippen LogP contribution in [0.2, 0.25) is 0 Å². The molecule has 0 aliphatic heterocycles. The second kappa shape index (κ2) is 10.3. The fourth-order valence-corrected chi connectivity index (χ4v) is 4.29. The number of rotatable bonds is 9. The number of nitrogens with one attached hydrogen (secondary N) is 1. The minimum Gasteiger partial charge on any atom is -0.271 e. The Morgan fingerprint density at radius 2 is 1.53 bits per heavy atom. The van der Waals surface area contributed by atoms with Gasteiger partial charge in [-0.3, -0.25) is 29.3 Å². The monoisotopic (exact) mass is 483 g/mol. The molecule has 3 aromatic rings. The lowest BCUT2D eigenvalue weighted by Gasteiger charge is -2.23. The van der Waals surface area contributed by atoms with Gasteiger partial charge in [0.05, 0.1) is 26.6 Å². The number of amides is 1. The normalized spacial score (nSPS) is 11.2. The lowest BCUT2D eigenvalue weighted by molar-refractivity contribution is -0.385. The zero-order valence-electron chi connectivity index (χ0n) is 17.3. The van der Waals surface area contributed by atoms with Gasteiger partial charge in [-0.15, -0.1) is 0 Å². The molecule has 12 nitrogen and oxygen atoms in total. The molecule has 3 aromatic carbocycles. The highest BCUT2D eigenvalue weighted by Gasteiger charge is 2.28. The number of nitrogens with zero attached hydrogens (tertiary/aromatic N) is 4. The van der Waals surface area contributed by atoms with Crippen molar-refractivity contribution in [3.8, 4) is 0 Å². The third-order valence-corrected chi connectivity index (χ3v) is 6.22. The molecule has 0 heterocycles. The smallest absolute Gasteiger partial charge is 0.271 e. The maximum absolute atomic E-state index is 13.2. The van der Waals surface area contributed by atoms with Crippen molar-refractivity contribution in [2.24, 2.45) is 5.10 Å². The zero-order chi connectivity index (χ0) is 24.7. The molecule has 0 fully saturated rings. The Labute approximate surface area is 193 Å². The second-order valence-electron chi connectivity index (χ2n) is 6.75. The molecule has 0 saturated heterocycles. The van der Waals surface area contributed by atoms with Crippen molar-refractivity contribution in [2.45, 2.75) is 4.90 Å². The van der Waals surface area contributed by atoms with Crippen LogP contribution in [0, 0.1) is 20.2 Å². The number of anilines is 1. The summed E-state index contributed by atoms with van der Waals surface area (Å²) in [5, 5.41) is 25.7. The van der Waals surface area contributed by atoms with Crippen LogP contribution in [0.3, 0.4) is 0 Å². The van der Waals surface area contributed by atoms with E-state index in [0.29, 0.717) is 5.56 Å². The van der Waals surface area contributed by atoms with Crippen LogP contribution in [0.5, 0.6) is 0 Å². The highest BCUT2D eigenvalue weighted by atomic mass is 32.2. The van der Waals surface area contributed by atoms with Gasteiger partial charge in [0.1, 0.15) is 6.54 Å². The van der Waals surface area contributed by atoms with Gasteiger partial charge in [0.2, 0.25) is 0 Å². The SMILES string of the molecule is O=C(CN(c1cccc([N+](=O)[O-])c1)S(=O)(=O)c1ccccc1)N/N=C\c1cccc([N+](=O)[O-])c1. The Hall–Kier alpha value is -4.65. The quantitative estimate of drug-likeness (QED) is 0.277. The van der Waals surface area contributed by atoms with E-state index in [1.54, 1.807) is 6.07 Å². The van der Waals surface area contributed by atoms with E-state index in [4.69, 9.17) is 0 Å². The molecule has 3 rings (SSSR count). The van der Waals surface area contributed by atoms with Crippen molar-refractivity contribution in [3.05, 3.63) is 105 Å². The molecule has 0 unspecified atom stereocenters. The number of hydrazone groups is 1. The number of hydrogen-bond acceptors (Lipinski definition) is 8. The molecule has 13 heteroatoms. The van der Waals surface area contributed by atoms with Gasteiger partial charge in [-0.2, -0.15) is 5.10 Å². The van der Waals surface area contributed by atoms with Crippen LogP contribution in [-0.2, 0) is 14.8 Å². The van der Waals surface area contributed by atoms with E-state index in [1.165, 1.54) is 66.7 Å². The van der Waals surface area contributed by atoms with Crippen molar-refractivity contribution in [2.75, 3.05) is 10.8 Å². The Morgan fingerprint density at radius 3 is 2.18 bits per heavy atom. The first-order chi connectivity index (χ1) is 16.2. The van der Waals surface area contributed by atoms with Crippen molar-refractivity contribution in [1.82, 2.24) is 5.43 Å². The third-order valence-electron chi connectivity index (χ3n) is 4.43. The maximum atomic E-state index is 13.2. The van der Waals surface area contributed by atoms with E-state index >= 15 is 0 Å². The van der Waals surface area contributed by atoms with Crippen molar-refractivity contribution in [1.29, 1.82) is 0 Å². The first-order valence-corrected chi connectivity index (χ1v) is 11.0. The first-order valence-electron chi connectivity index (χ1n) is 9.57. The van der Waals surface area contributed by atoms with Gasteiger partial charge in [0.25, 0.3) is 27.3 Å². The minimum atomic E-state index is -4.26. The maximum Gasteiger partial charge on any atom is 0.271 e. The van der Waals surface area contributed by atoms with Crippen LogP contribution >= 0.6 is 0 Å². The van der Waals surface area contributed by atoms with Gasteiger partial charge < -0.3 is 0 Å². The number of sulfonamides is 1. The fraction of sp³-hybridized carbons (Fsp3) is 0.0476. The molecule has 0 aliphatic carbocycles. The van der Waals surface area contributed by atoms with Crippen LogP contribution in [0.1, 0.15) is 5.56 Å². The number of benzene rings is 3. The standard InChI is InChI=1S/C21H17N5O7S/c27-21(23-22-14-16-6-4-8-18(12-16)25(28)29)15-24(17-7-5-9-19(13-17)26(30)31)34(32,33)20-10-2-1-3-11-20/h1-14H,15H2,(H,23,27)/b22-14-. The van der Waals surface area contributed by atoms with Gasteiger partial charge in [0.15, 0.2) is 0 Å². The zero-order valence-corrected chi connectivity index (χ0v) is 18.2. The molecule has 1 amide bonds. The summed E-state index contributed by atoms with van der Waals surface area (Å²) in [5.74, 6) is -0.840. The molecule has 0 atom stereocenters. The largest absolute Gasteiger partial charge is 0.271 e. The summed E-state index contributed by atoms with van der Waals surface area (Å²) in [6.07, 6.45) is 1.16. The third kappa shape index (κ3) is 5.77. The predicted molar refractivity (Wildman–Crippen MR) is 123 cm³/mol. The Kier molecular flexibility index (Phi) is 7.28. The molecule has 0 aromatic heterocycles. The number of hydrogen-bond donors (Lipinski definition) is 1. The molecule has 1 N–H and O–H groups in total. The Morgan fingerprint density at radius 1 is 0.912 bits per heavy atom. The molecule has 174 valence electrons. The van der Waals surface area contributed by atoms with Gasteiger partial charge >= 0.3 is 0 Å². The summed E-state index contributed by atoms with van der Waals surface area (Å²) in [5.41, 5.74) is 1.89. The molecule has 0 spiro atoms. The Bertz CT molecular complexity index is 1360. The van der Waals surface area contributed by atoms with Crippen LogP contribution in [0.4, 0.5) is 17.1 Å². The number of nitro groups is 2. The minimum absolute atomic E-state index is 0.0872. The summed E-state index contributed by atoms with van der Waals surface area (Å²) < 4.78 is 27.2. The molecule has 0 bridgehead atoms. The highest BCUT2D eigenvalue weighted by Crippen LogP contribution is 2.26. The fourth-order valence-electron chi connectivity index (χ4n) is 2.86. The van der Waals surface area contributed by atoms with Gasteiger partial charge in [-0.05, 0) is 18.2 Å². The van der Waals surface area contributed by atoms with Crippen LogP contribution < -0.4 is 9.73 Å². The summed E-state index contributed by atoms with van der Waals surface area (Å²) in [6, 6.07) is 17.7. The van der Waals surface area contributed by atoms with Gasteiger partial charge in [-0.25, -0.2) is 13.8 Å². The van der Waals surface area contributed by atoms with Gasteiger partial charge in [0, 0.05) is 29.8 Å². The number of carbonyl (C=O) groups is 1. The predicted octanol–water partition coefficient (Wildman–Crippen LogP) is 2.85. The van der Waals surface area contributed by atoms with Crippen molar-refractivity contribution < 1.29 is 23.1 Å². The van der Waals surface area contributed by atoms with E-state index < -0.39 is 32.3 Å². The van der Waals surface area contributed by atoms with E-state index in [1.807, 2.05) is 0 Å². The van der Waals surface area contributed by atoms with Crippen LogP contribution in [0.25, 0.3) is 0 Å². The molecule has 34 heavy (non-hydrogen) atoms. The average Bonchev–Trinajstić information content (AvgIpc) is 2.83. The summed E-state index contributed by atoms with van der Waals surface area (Å²) in [7, 11) is -4.26. The molecule has 0 radical (unpaired) electrons. The lowest BCUT2D eigenvalue weighted by Crippen LogP contribution is -2.39. The van der Waals surface area contributed by atoms with E-state index in [9.17, 15) is 33.4 Å². The van der Waals surface area contributed by atoms with Crippen molar-refractivity contribution in [3.63, 3.8) is 0 Å². The first kappa shape index (κ1) is 24.0. The number of nitro benzene ring substituents is 2. The van der Waals surface area contributed by atoms with Gasteiger partial charge in [-0.1, -0.05) is 36.4 Å². The topological polar surface area (TPSA) is 165 Å². The lowest BCUT2D eigenvalue weighted by atomic mass is 10.2. The number of non-ortho nitro benzene ring substituents is 2. The second-order valence-corrected chi connectivity index (χ2v) is 8.61. The van der Waals surface area contributed by atoms with Crippen LogP contribution in [0.15, 0.2) is 88.9 Å². The molecular formula is C21H17N5O7S. The average molecular weight is 483 g/mol. The number of carbonyl (C=O) groups excluding carboxylic acids is 1. The van der Waals surface area contributed by atoms with E-state index in [2.05, 4.69) is 10.5 Å². The van der Waals surface area contributed by atoms with Crippen LogP contribution in [-0.4, -0.2) is 36.9 Å². The highest BCUT2D eigenvalue weighted by molar-refractivity contribution is 7.92. The molecular weight excluding hydrogens is 466 g/mol. The summed E-state index contributed by atoms with van der Waals surface area (Å²) >= 11 is 0.